The van der Waals surface area contributed by atoms with Crippen LogP contribution in [0.25, 0.3) is 11.4 Å². The third-order valence-corrected chi connectivity index (χ3v) is 5.70. The molecule has 9 heteroatoms. The van der Waals surface area contributed by atoms with Crippen LogP contribution in [0.15, 0.2) is 12.1 Å². The molecule has 0 fully saturated rings. The molecule has 1 aromatic heterocycles. The van der Waals surface area contributed by atoms with Gasteiger partial charge in [0.15, 0.2) is 5.69 Å². The van der Waals surface area contributed by atoms with Crippen LogP contribution in [-0.4, -0.2) is 51.7 Å². The van der Waals surface area contributed by atoms with Crippen molar-refractivity contribution in [2.24, 2.45) is 5.41 Å². The highest BCUT2D eigenvalue weighted by molar-refractivity contribution is 6.31. The van der Waals surface area contributed by atoms with E-state index in [0.29, 0.717) is 18.8 Å². The third kappa shape index (κ3) is 4.50. The van der Waals surface area contributed by atoms with E-state index in [0.717, 1.165) is 19.0 Å². The van der Waals surface area contributed by atoms with Crippen molar-refractivity contribution in [2.75, 3.05) is 20.2 Å². The number of imidazole rings is 1. The molecule has 0 saturated heterocycles. The smallest absolute Gasteiger partial charge is 0.272 e. The molecule has 1 atom stereocenters. The van der Waals surface area contributed by atoms with Gasteiger partial charge in [0.1, 0.15) is 17.5 Å². The fraction of sp³-hybridized carbons (Fsp3) is 0.524. The first kappa shape index (κ1) is 22.7. The number of nitrogens with zero attached hydrogens (tertiary/aromatic N) is 3. The molecule has 30 heavy (non-hydrogen) atoms. The highest BCUT2D eigenvalue weighted by Crippen LogP contribution is 2.31. The van der Waals surface area contributed by atoms with Crippen molar-refractivity contribution in [1.82, 2.24) is 19.8 Å². The minimum absolute atomic E-state index is 0.0424. The molecule has 0 radical (unpaired) electrons. The monoisotopic (exact) mass is 440 g/mol. The maximum Gasteiger partial charge on any atom is 0.272 e. The summed E-state index contributed by atoms with van der Waals surface area (Å²) in [6, 6.07) is 1.44. The number of amides is 1. The number of halogens is 3. The van der Waals surface area contributed by atoms with E-state index in [9.17, 15) is 18.7 Å². The van der Waals surface area contributed by atoms with Crippen LogP contribution in [0.5, 0.6) is 0 Å². The van der Waals surface area contributed by atoms with Crippen LogP contribution in [0.4, 0.5) is 8.78 Å². The van der Waals surface area contributed by atoms with Crippen LogP contribution in [0.3, 0.4) is 0 Å². The van der Waals surface area contributed by atoms with Gasteiger partial charge in [-0.25, -0.2) is 13.8 Å². The molecule has 2 aromatic rings. The Morgan fingerprint density at radius 3 is 2.63 bits per heavy atom. The summed E-state index contributed by atoms with van der Waals surface area (Å²) in [7, 11) is 1.94. The summed E-state index contributed by atoms with van der Waals surface area (Å²) in [5.74, 6) is -1.85. The topological polar surface area (TPSA) is 70.4 Å². The highest BCUT2D eigenvalue weighted by Gasteiger charge is 2.31. The van der Waals surface area contributed by atoms with Crippen LogP contribution in [0, 0.1) is 17.0 Å². The Hall–Kier alpha value is -2.03. The Balaban J connectivity index is 2.11. The lowest BCUT2D eigenvalue weighted by Crippen LogP contribution is -2.46. The van der Waals surface area contributed by atoms with Gasteiger partial charge in [-0.3, -0.25) is 4.79 Å². The molecule has 6 nitrogen and oxygen atoms in total. The van der Waals surface area contributed by atoms with E-state index in [2.05, 4.69) is 15.2 Å². The first-order chi connectivity index (χ1) is 14.0. The second-order valence-corrected chi connectivity index (χ2v) is 9.20. The summed E-state index contributed by atoms with van der Waals surface area (Å²) >= 11 is 5.89. The van der Waals surface area contributed by atoms with Crippen molar-refractivity contribution >= 4 is 17.5 Å². The van der Waals surface area contributed by atoms with Crippen LogP contribution in [0.2, 0.25) is 5.02 Å². The number of aliphatic hydroxyl groups excluding tert-OH is 1. The number of aliphatic hydroxyl groups is 1. The number of carbonyl (C=O) groups excluding carboxylic acids is 1. The quantitative estimate of drug-likeness (QED) is 0.714. The van der Waals surface area contributed by atoms with Gasteiger partial charge in [-0.05, 0) is 31.5 Å². The number of fused-ring (bicyclic) bond motifs is 1. The van der Waals surface area contributed by atoms with E-state index in [1.807, 2.05) is 27.8 Å². The second kappa shape index (κ2) is 8.61. The average molecular weight is 441 g/mol. The minimum Gasteiger partial charge on any atom is -0.394 e. The van der Waals surface area contributed by atoms with Crippen LogP contribution >= 0.6 is 11.6 Å². The molecule has 1 aromatic carbocycles. The lowest BCUT2D eigenvalue weighted by atomic mass is 9.87. The molecule has 1 aliphatic rings. The van der Waals surface area contributed by atoms with E-state index in [1.165, 1.54) is 6.07 Å². The molecule has 164 valence electrons. The largest absolute Gasteiger partial charge is 0.394 e. The molecule has 0 aliphatic carbocycles. The molecule has 1 unspecified atom stereocenters. The predicted molar refractivity (Wildman–Crippen MR) is 111 cm³/mol. The van der Waals surface area contributed by atoms with Crippen molar-refractivity contribution in [3.05, 3.63) is 40.2 Å². The first-order valence-corrected chi connectivity index (χ1v) is 10.2. The molecule has 1 aliphatic heterocycles. The molecule has 1 amide bonds. The van der Waals surface area contributed by atoms with E-state index in [4.69, 9.17) is 11.6 Å². The van der Waals surface area contributed by atoms with Crippen LogP contribution in [-0.2, 0) is 13.1 Å². The van der Waals surface area contributed by atoms with E-state index >= 15 is 0 Å². The number of aromatic nitrogens is 2. The standard InChI is InChI=1S/C21H27ClF2N4O2/c1-21(2,3)17(11-29)25-20(30)18-16-10-27(4)6-5-7-28(16)19(26-18)12-8-13(22)15(24)9-14(12)23/h8-9,17,29H,5-7,10-11H2,1-4H3,(H,25,30). The van der Waals surface area contributed by atoms with Crippen molar-refractivity contribution in [2.45, 2.75) is 46.3 Å². The molecule has 0 saturated carbocycles. The van der Waals surface area contributed by atoms with Crippen molar-refractivity contribution in [1.29, 1.82) is 0 Å². The Kier molecular flexibility index (Phi) is 6.50. The Labute approximate surface area is 179 Å². The van der Waals surface area contributed by atoms with Gasteiger partial charge in [-0.1, -0.05) is 32.4 Å². The molecule has 0 spiro atoms. The summed E-state index contributed by atoms with van der Waals surface area (Å²) < 4.78 is 30.1. The van der Waals surface area contributed by atoms with Gasteiger partial charge in [-0.15, -0.1) is 0 Å². The zero-order valence-electron chi connectivity index (χ0n) is 17.6. The summed E-state index contributed by atoms with van der Waals surface area (Å²) in [6.45, 7) is 7.30. The van der Waals surface area contributed by atoms with Gasteiger partial charge in [0, 0.05) is 19.2 Å². The number of rotatable bonds is 4. The van der Waals surface area contributed by atoms with Crippen LogP contribution < -0.4 is 5.32 Å². The highest BCUT2D eigenvalue weighted by atomic mass is 35.5. The number of nitrogens with one attached hydrogen (secondary N) is 1. The van der Waals surface area contributed by atoms with Gasteiger partial charge in [0.2, 0.25) is 0 Å². The fourth-order valence-corrected chi connectivity index (χ4v) is 3.73. The Morgan fingerprint density at radius 1 is 1.30 bits per heavy atom. The Morgan fingerprint density at radius 2 is 2.00 bits per heavy atom. The zero-order chi connectivity index (χ0) is 22.2. The predicted octanol–water partition coefficient (Wildman–Crippen LogP) is 3.45. The third-order valence-electron chi connectivity index (χ3n) is 5.41. The summed E-state index contributed by atoms with van der Waals surface area (Å²) in [6.07, 6.45) is 0.783. The molecule has 0 bridgehead atoms. The molecule has 2 heterocycles. The minimum atomic E-state index is -0.853. The molecular weight excluding hydrogens is 414 g/mol. The summed E-state index contributed by atoms with van der Waals surface area (Å²) in [5.41, 5.74) is 0.493. The van der Waals surface area contributed by atoms with Crippen molar-refractivity contribution in [3.63, 3.8) is 0 Å². The fourth-order valence-electron chi connectivity index (χ4n) is 3.57. The summed E-state index contributed by atoms with van der Waals surface area (Å²) in [5, 5.41) is 12.3. The molecular formula is C21H27ClF2N4O2. The number of benzene rings is 1. The Bertz CT molecular complexity index is 955. The zero-order valence-corrected chi connectivity index (χ0v) is 18.4. The first-order valence-electron chi connectivity index (χ1n) is 9.87. The van der Waals surface area contributed by atoms with Crippen molar-refractivity contribution in [3.8, 4) is 11.4 Å². The molecule has 2 N–H and O–H groups in total. The van der Waals surface area contributed by atoms with E-state index in [1.54, 1.807) is 4.57 Å². The van der Waals surface area contributed by atoms with E-state index < -0.39 is 23.6 Å². The maximum absolute atomic E-state index is 14.6. The number of carbonyl (C=O) groups is 1. The van der Waals surface area contributed by atoms with Crippen molar-refractivity contribution < 1.29 is 18.7 Å². The normalized spacial score (nSPS) is 16.1. The SMILES string of the molecule is CN1CCCn2c(-c3cc(Cl)c(F)cc3F)nc(C(=O)NC(CO)C(C)(C)C)c2C1. The lowest BCUT2D eigenvalue weighted by molar-refractivity contribution is 0.0841. The van der Waals surface area contributed by atoms with Gasteiger partial charge in [-0.2, -0.15) is 0 Å². The number of hydrogen-bond donors (Lipinski definition) is 2. The van der Waals surface area contributed by atoms with Gasteiger partial charge < -0.3 is 19.9 Å². The maximum atomic E-state index is 14.6. The van der Waals surface area contributed by atoms with Gasteiger partial charge in [0.25, 0.3) is 5.91 Å². The molecule has 3 rings (SSSR count). The number of hydrogen-bond acceptors (Lipinski definition) is 4. The summed E-state index contributed by atoms with van der Waals surface area (Å²) in [4.78, 5) is 19.6. The van der Waals surface area contributed by atoms with Gasteiger partial charge >= 0.3 is 0 Å². The second-order valence-electron chi connectivity index (χ2n) is 8.79. The average Bonchev–Trinajstić information content (AvgIpc) is 2.87. The van der Waals surface area contributed by atoms with E-state index in [-0.39, 0.29) is 34.1 Å². The lowest BCUT2D eigenvalue weighted by Gasteiger charge is -2.29. The van der Waals surface area contributed by atoms with Gasteiger partial charge in [0.05, 0.1) is 28.9 Å². The van der Waals surface area contributed by atoms with Crippen LogP contribution in [0.1, 0.15) is 43.4 Å².